The summed E-state index contributed by atoms with van der Waals surface area (Å²) in [5.41, 5.74) is 0. The van der Waals surface area contributed by atoms with Crippen molar-refractivity contribution in [2.75, 3.05) is 13.2 Å². The zero-order valence-electron chi connectivity index (χ0n) is 42.8. The molecule has 0 saturated carbocycles. The number of unbranched alkanes of at least 4 members (excludes halogenated alkanes) is 34. The summed E-state index contributed by atoms with van der Waals surface area (Å²) in [5, 5.41) is 0. The zero-order chi connectivity index (χ0) is 46.5. The summed E-state index contributed by atoms with van der Waals surface area (Å²) in [5.74, 6) is -0.874. The third kappa shape index (κ3) is 50.6. The molecule has 0 aromatic rings. The Morgan fingerprint density at radius 1 is 0.312 bits per heavy atom. The van der Waals surface area contributed by atoms with Gasteiger partial charge in [-0.3, -0.25) is 14.4 Å². The molecule has 0 N–H and O–H groups in total. The van der Waals surface area contributed by atoms with Crippen LogP contribution in [0.2, 0.25) is 0 Å². The molecule has 0 fully saturated rings. The first kappa shape index (κ1) is 61.6. The van der Waals surface area contributed by atoms with Crippen LogP contribution in [0.5, 0.6) is 0 Å². The summed E-state index contributed by atoms with van der Waals surface area (Å²) in [4.78, 5) is 38.0. The molecule has 374 valence electrons. The molecule has 0 aromatic heterocycles. The van der Waals surface area contributed by atoms with E-state index in [-0.39, 0.29) is 31.1 Å². The molecule has 6 nitrogen and oxygen atoms in total. The van der Waals surface area contributed by atoms with Gasteiger partial charge in [0.15, 0.2) is 6.10 Å². The third-order valence-electron chi connectivity index (χ3n) is 12.4. The second-order valence-corrected chi connectivity index (χ2v) is 18.8. The quantitative estimate of drug-likeness (QED) is 0.0262. The number of allylic oxidation sites excluding steroid dienone is 6. The first-order valence-corrected chi connectivity index (χ1v) is 28.0. The van der Waals surface area contributed by atoms with Gasteiger partial charge in [-0.1, -0.05) is 237 Å². The number of ether oxygens (including phenoxy) is 3. The Morgan fingerprint density at radius 3 is 0.891 bits per heavy atom. The van der Waals surface area contributed by atoms with Crippen LogP contribution in [0.1, 0.15) is 297 Å². The van der Waals surface area contributed by atoms with Crippen molar-refractivity contribution in [1.29, 1.82) is 0 Å². The van der Waals surface area contributed by atoms with Crippen molar-refractivity contribution < 1.29 is 28.6 Å². The molecule has 0 aliphatic rings. The first-order valence-electron chi connectivity index (χ1n) is 28.0. The molecule has 1 unspecified atom stereocenters. The van der Waals surface area contributed by atoms with Crippen molar-refractivity contribution in [1.82, 2.24) is 0 Å². The Balaban J connectivity index is 4.29. The minimum Gasteiger partial charge on any atom is -0.462 e. The lowest BCUT2D eigenvalue weighted by atomic mass is 10.0. The van der Waals surface area contributed by atoms with Crippen molar-refractivity contribution >= 4 is 17.9 Å². The minimum absolute atomic E-state index is 0.0735. The predicted octanol–water partition coefficient (Wildman–Crippen LogP) is 18.5. The number of carbonyl (C=O) groups excluding carboxylic acids is 3. The summed E-state index contributed by atoms with van der Waals surface area (Å²) in [6.07, 6.45) is 62.7. The van der Waals surface area contributed by atoms with E-state index in [0.717, 1.165) is 70.6 Å². The van der Waals surface area contributed by atoms with Crippen molar-refractivity contribution in [3.63, 3.8) is 0 Å². The fraction of sp³-hybridized carbons (Fsp3) is 0.845. The molecule has 64 heavy (non-hydrogen) atoms. The van der Waals surface area contributed by atoms with Gasteiger partial charge in [0.25, 0.3) is 0 Å². The second-order valence-electron chi connectivity index (χ2n) is 18.8. The zero-order valence-corrected chi connectivity index (χ0v) is 42.8. The maximum absolute atomic E-state index is 12.8. The lowest BCUT2D eigenvalue weighted by molar-refractivity contribution is -0.167. The van der Waals surface area contributed by atoms with E-state index in [9.17, 15) is 14.4 Å². The van der Waals surface area contributed by atoms with E-state index < -0.39 is 6.10 Å². The van der Waals surface area contributed by atoms with Gasteiger partial charge >= 0.3 is 17.9 Å². The highest BCUT2D eigenvalue weighted by molar-refractivity contribution is 5.71. The number of rotatable bonds is 51. The molecule has 0 spiro atoms. The topological polar surface area (TPSA) is 78.9 Å². The van der Waals surface area contributed by atoms with Crippen LogP contribution in [0, 0.1) is 0 Å². The van der Waals surface area contributed by atoms with Crippen LogP contribution in [-0.4, -0.2) is 37.2 Å². The van der Waals surface area contributed by atoms with Gasteiger partial charge in [-0.15, -0.1) is 0 Å². The molecule has 0 radical (unpaired) electrons. The molecule has 0 rings (SSSR count). The molecule has 0 amide bonds. The van der Waals surface area contributed by atoms with E-state index in [4.69, 9.17) is 14.2 Å². The third-order valence-corrected chi connectivity index (χ3v) is 12.4. The summed E-state index contributed by atoms with van der Waals surface area (Å²) in [6.45, 7) is 6.63. The fourth-order valence-corrected chi connectivity index (χ4v) is 8.12. The Hall–Kier alpha value is -2.37. The average molecular weight is 899 g/mol. The van der Waals surface area contributed by atoms with Crippen molar-refractivity contribution in [3.05, 3.63) is 36.5 Å². The molecule has 0 saturated heterocycles. The van der Waals surface area contributed by atoms with Gasteiger partial charge in [0.05, 0.1) is 0 Å². The van der Waals surface area contributed by atoms with E-state index in [1.165, 1.54) is 186 Å². The van der Waals surface area contributed by atoms with E-state index in [0.29, 0.717) is 19.3 Å². The molecule has 0 aromatic carbocycles. The Morgan fingerprint density at radius 2 is 0.562 bits per heavy atom. The van der Waals surface area contributed by atoms with E-state index >= 15 is 0 Å². The summed E-state index contributed by atoms with van der Waals surface area (Å²) < 4.78 is 16.8. The molecule has 1 atom stereocenters. The van der Waals surface area contributed by atoms with E-state index in [2.05, 4.69) is 57.2 Å². The summed E-state index contributed by atoms with van der Waals surface area (Å²) in [7, 11) is 0. The number of hydrogen-bond donors (Lipinski definition) is 0. The highest BCUT2D eigenvalue weighted by atomic mass is 16.6. The van der Waals surface area contributed by atoms with Crippen LogP contribution in [0.25, 0.3) is 0 Å². The standard InChI is InChI=1S/C58H106O6/c1-4-7-10-13-16-19-22-25-26-27-28-29-30-31-32-34-36-39-42-45-48-51-57(60)63-54-55(53-62-56(59)50-47-44-41-38-35-24-21-18-15-12-9-6-3)64-58(61)52-49-46-43-40-37-33-23-20-17-14-11-8-5-2/h20,22-23,25,27-28,55H,4-19,21,24,26,29-54H2,1-3H3/b23-20-,25-22-,28-27-. The van der Waals surface area contributed by atoms with Gasteiger partial charge in [-0.05, 0) is 77.0 Å². The molecule has 0 bridgehead atoms. The lowest BCUT2D eigenvalue weighted by Crippen LogP contribution is -2.30. The number of hydrogen-bond acceptors (Lipinski definition) is 6. The van der Waals surface area contributed by atoms with Crippen LogP contribution < -0.4 is 0 Å². The van der Waals surface area contributed by atoms with Crippen molar-refractivity contribution in [2.45, 2.75) is 303 Å². The molecule has 0 aliphatic carbocycles. The smallest absolute Gasteiger partial charge is 0.306 e. The van der Waals surface area contributed by atoms with Crippen molar-refractivity contribution in [3.8, 4) is 0 Å². The Labute approximate surface area is 397 Å². The maximum atomic E-state index is 12.8. The summed E-state index contributed by atoms with van der Waals surface area (Å²) in [6, 6.07) is 0. The highest BCUT2D eigenvalue weighted by Crippen LogP contribution is 2.16. The monoisotopic (exact) mass is 899 g/mol. The average Bonchev–Trinajstić information content (AvgIpc) is 3.29. The number of esters is 3. The van der Waals surface area contributed by atoms with Crippen molar-refractivity contribution in [2.24, 2.45) is 0 Å². The van der Waals surface area contributed by atoms with Gasteiger partial charge in [0.1, 0.15) is 13.2 Å². The van der Waals surface area contributed by atoms with Crippen LogP contribution in [-0.2, 0) is 28.6 Å². The Kier molecular flexibility index (Phi) is 51.3. The van der Waals surface area contributed by atoms with Gasteiger partial charge in [-0.2, -0.15) is 0 Å². The van der Waals surface area contributed by atoms with Gasteiger partial charge in [0, 0.05) is 19.3 Å². The van der Waals surface area contributed by atoms with Crippen LogP contribution in [0.4, 0.5) is 0 Å². The van der Waals surface area contributed by atoms with E-state index in [1.54, 1.807) is 0 Å². The van der Waals surface area contributed by atoms with Gasteiger partial charge in [-0.25, -0.2) is 0 Å². The molecular formula is C58H106O6. The van der Waals surface area contributed by atoms with Gasteiger partial charge < -0.3 is 14.2 Å². The predicted molar refractivity (Wildman–Crippen MR) is 275 cm³/mol. The minimum atomic E-state index is -0.774. The lowest BCUT2D eigenvalue weighted by Gasteiger charge is -2.18. The largest absolute Gasteiger partial charge is 0.462 e. The molecule has 0 aliphatic heterocycles. The van der Waals surface area contributed by atoms with Crippen LogP contribution in [0.15, 0.2) is 36.5 Å². The highest BCUT2D eigenvalue weighted by Gasteiger charge is 2.19. The second kappa shape index (κ2) is 53.2. The van der Waals surface area contributed by atoms with Crippen LogP contribution >= 0.6 is 0 Å². The van der Waals surface area contributed by atoms with Gasteiger partial charge in [0.2, 0.25) is 0 Å². The van der Waals surface area contributed by atoms with E-state index in [1.807, 2.05) is 0 Å². The SMILES string of the molecule is CCCCCC/C=C\CCCCCCCC(=O)OC(COC(=O)CCCCCCCCCCC/C=C\C/C=C\CCCCCCC)COC(=O)CCCCCCCCCCCCCC. The molecule has 6 heteroatoms. The Bertz CT molecular complexity index is 1080. The molecular weight excluding hydrogens is 793 g/mol. The normalized spacial score (nSPS) is 12.2. The first-order chi connectivity index (χ1) is 31.5. The summed E-state index contributed by atoms with van der Waals surface area (Å²) >= 11 is 0. The molecule has 0 heterocycles. The fourth-order valence-electron chi connectivity index (χ4n) is 8.12. The van der Waals surface area contributed by atoms with Crippen LogP contribution in [0.3, 0.4) is 0 Å². The maximum Gasteiger partial charge on any atom is 0.306 e. The number of carbonyl (C=O) groups is 3.